The van der Waals surface area contributed by atoms with E-state index < -0.39 is 12.2 Å². The fraction of sp³-hybridized carbons (Fsp3) is 0.179. The predicted molar refractivity (Wildman–Crippen MR) is 251 cm³/mol. The third kappa shape index (κ3) is 7.15. The molecule has 2 aliphatic carbocycles. The Hall–Kier alpha value is -7.26. The molecule has 0 radical (unpaired) electrons. The number of nitrogens with one attached hydrogen (secondary N) is 2. The number of amides is 2. The van der Waals surface area contributed by atoms with E-state index in [0.717, 1.165) is 44.2 Å². The van der Waals surface area contributed by atoms with E-state index in [9.17, 15) is 9.59 Å². The van der Waals surface area contributed by atoms with Crippen LogP contribution in [-0.2, 0) is 55.0 Å². The van der Waals surface area contributed by atoms with Gasteiger partial charge in [0.1, 0.15) is 24.7 Å². The molecular formula is C56H46N2O6. The lowest BCUT2D eigenvalue weighted by Gasteiger charge is -2.28. The zero-order valence-electron chi connectivity index (χ0n) is 35.3. The molecule has 3 unspecified atom stereocenters. The van der Waals surface area contributed by atoms with E-state index >= 15 is 0 Å². The molecule has 0 bridgehead atoms. The van der Waals surface area contributed by atoms with Crippen LogP contribution < -0.4 is 21.1 Å². The Morgan fingerprint density at radius 3 is 1.22 bits per heavy atom. The minimum Gasteiger partial charge on any atom is -0.491 e. The Balaban J connectivity index is 0.859. The third-order valence-corrected chi connectivity index (χ3v) is 13.1. The van der Waals surface area contributed by atoms with Gasteiger partial charge in [0.05, 0.1) is 25.3 Å². The zero-order valence-corrected chi connectivity index (χ0v) is 35.3. The minimum absolute atomic E-state index is 0.0652. The van der Waals surface area contributed by atoms with Gasteiger partial charge in [-0.3, -0.25) is 9.59 Å². The Kier molecular flexibility index (Phi) is 10.2. The predicted octanol–water partition coefficient (Wildman–Crippen LogP) is 9.37. The van der Waals surface area contributed by atoms with Crippen molar-refractivity contribution in [1.29, 1.82) is 0 Å². The van der Waals surface area contributed by atoms with Gasteiger partial charge in [0.2, 0.25) is 0 Å². The lowest BCUT2D eigenvalue weighted by atomic mass is 9.87. The second-order valence-electron chi connectivity index (χ2n) is 17.0. The number of benzene rings is 8. The Morgan fingerprint density at radius 1 is 0.438 bits per heavy atom. The summed E-state index contributed by atoms with van der Waals surface area (Å²) in [5, 5.41) is 18.3. The van der Waals surface area contributed by atoms with Gasteiger partial charge in [-0.15, -0.1) is 0 Å². The van der Waals surface area contributed by atoms with Crippen LogP contribution in [0, 0.1) is 0 Å². The number of hydrogen-bond donors (Lipinski definition) is 2. The van der Waals surface area contributed by atoms with Crippen molar-refractivity contribution < 1.29 is 28.5 Å². The first-order chi connectivity index (χ1) is 31.4. The Labute approximate surface area is 370 Å². The molecule has 8 aromatic rings. The molecule has 11 rings (SSSR count). The van der Waals surface area contributed by atoms with Crippen LogP contribution >= 0.6 is 0 Å². The van der Waals surface area contributed by atoms with Gasteiger partial charge in [0, 0.05) is 0 Å². The Morgan fingerprint density at radius 2 is 0.812 bits per heavy atom. The van der Waals surface area contributed by atoms with E-state index in [-0.39, 0.29) is 61.8 Å². The highest BCUT2D eigenvalue weighted by Crippen LogP contribution is 2.36. The minimum atomic E-state index is -1.13. The summed E-state index contributed by atoms with van der Waals surface area (Å²) in [6.07, 6.45) is 3.39. The van der Waals surface area contributed by atoms with Crippen molar-refractivity contribution in [1.82, 2.24) is 10.6 Å². The van der Waals surface area contributed by atoms with Crippen molar-refractivity contribution in [2.24, 2.45) is 0 Å². The molecule has 8 nitrogen and oxygen atoms in total. The molecule has 3 aliphatic rings. The summed E-state index contributed by atoms with van der Waals surface area (Å²) in [7, 11) is 0. The maximum absolute atomic E-state index is 14.4. The van der Waals surface area contributed by atoms with Crippen molar-refractivity contribution >= 4 is 67.1 Å². The average molecular weight is 843 g/mol. The van der Waals surface area contributed by atoms with Gasteiger partial charge < -0.3 is 29.6 Å². The largest absolute Gasteiger partial charge is 0.491 e. The van der Waals surface area contributed by atoms with E-state index in [1.807, 2.05) is 48.5 Å². The Bertz CT molecular complexity index is 3070. The molecule has 0 spiro atoms. The summed E-state index contributed by atoms with van der Waals surface area (Å²) in [5.74, 6) is -0.335. The molecule has 1 heterocycles. The maximum atomic E-state index is 14.4. The van der Waals surface area contributed by atoms with Crippen molar-refractivity contribution in [3.63, 3.8) is 0 Å². The van der Waals surface area contributed by atoms with Gasteiger partial charge in [-0.1, -0.05) is 159 Å². The fourth-order valence-corrected chi connectivity index (χ4v) is 9.85. The summed E-state index contributed by atoms with van der Waals surface area (Å²) in [6.45, 7) is 8.81. The van der Waals surface area contributed by atoms with E-state index in [2.05, 4.69) is 121 Å². The highest BCUT2D eigenvalue weighted by Gasteiger charge is 2.32. The molecule has 8 aromatic carbocycles. The molecule has 8 heteroatoms. The molecule has 0 fully saturated rings. The van der Waals surface area contributed by atoms with Crippen LogP contribution in [0.2, 0.25) is 0 Å². The number of fused-ring (bicyclic) bond motifs is 2. The summed E-state index contributed by atoms with van der Waals surface area (Å²) in [4.78, 5) is 28.9. The van der Waals surface area contributed by atoms with Gasteiger partial charge in [-0.2, -0.15) is 0 Å². The molecule has 316 valence electrons. The van der Waals surface area contributed by atoms with Gasteiger partial charge in [0.25, 0.3) is 11.8 Å². The van der Waals surface area contributed by atoms with Crippen molar-refractivity contribution in [3.8, 4) is 0 Å². The van der Waals surface area contributed by atoms with Crippen molar-refractivity contribution in [2.75, 3.05) is 0 Å². The smallest absolute Gasteiger partial charge is 0.257 e. The highest BCUT2D eigenvalue weighted by molar-refractivity contribution is 6.13. The van der Waals surface area contributed by atoms with Crippen LogP contribution in [-0.4, -0.2) is 24.0 Å². The van der Waals surface area contributed by atoms with Gasteiger partial charge in [-0.05, 0) is 99.7 Å². The second kappa shape index (κ2) is 16.5. The van der Waals surface area contributed by atoms with Crippen LogP contribution in [0.4, 0.5) is 0 Å². The van der Waals surface area contributed by atoms with Crippen LogP contribution in [0.15, 0.2) is 158 Å². The fourth-order valence-electron chi connectivity index (χ4n) is 9.85. The molecule has 0 aromatic heterocycles. The van der Waals surface area contributed by atoms with Crippen LogP contribution in [0.25, 0.3) is 55.2 Å². The maximum Gasteiger partial charge on any atom is 0.257 e. The van der Waals surface area contributed by atoms with Crippen LogP contribution in [0.5, 0.6) is 0 Å². The summed E-state index contributed by atoms with van der Waals surface area (Å²) in [5.41, 5.74) is 5.34. The molecule has 2 amide bonds. The van der Waals surface area contributed by atoms with E-state index in [1.165, 1.54) is 42.8 Å². The first-order valence-electron chi connectivity index (χ1n) is 21.9. The monoisotopic (exact) mass is 842 g/mol. The summed E-state index contributed by atoms with van der Waals surface area (Å²) < 4.78 is 25.7. The van der Waals surface area contributed by atoms with Crippen molar-refractivity contribution in [2.45, 2.75) is 63.6 Å². The van der Waals surface area contributed by atoms with Gasteiger partial charge in [0.15, 0.2) is 12.2 Å². The zero-order chi connectivity index (χ0) is 43.3. The molecule has 2 N–H and O–H groups in total. The first kappa shape index (κ1) is 39.6. The van der Waals surface area contributed by atoms with Crippen LogP contribution in [0.3, 0.4) is 0 Å². The molecule has 4 atom stereocenters. The average Bonchev–Trinajstić information content (AvgIpc) is 3.32. The molecule has 0 saturated heterocycles. The lowest BCUT2D eigenvalue weighted by molar-refractivity contribution is -0.135. The normalized spacial score (nSPS) is 20.1. The first-order valence-corrected chi connectivity index (χ1v) is 21.9. The molecule has 1 aliphatic heterocycles. The standard InChI is InChI=1S/C56H46N2O6/c1-33-53(55(59)57-47-27-23-39-19-17-35-13-7-15-37-21-25-45(47)51(39)49(35)37)63-31-43-11-6-4-10-42(43)30-62-34(2)54(64-32-44-12-5-3-9-41(44)29-61-33)56(60)58-48-28-24-40-20-18-36-14-8-16-38-22-26-46(48)52(40)50(36)38/h3-26,47-48,53-54H,1-2,27-32H2,(H,57,59)(H,58,60)/t47?,48?,53-,54?/m1/s1. The quantitative estimate of drug-likeness (QED) is 0.184. The van der Waals surface area contributed by atoms with Crippen molar-refractivity contribution in [3.05, 3.63) is 202 Å². The SMILES string of the molecule is C=C1OCc2ccccc2CO[C@@H](C(=O)NC2CC=c3ccc4cccc5ccc2c3c54)C(=C)OCc2ccccc2COC1C(=O)NC1CC=c2ccc3cccc4ccc1c2c43. The topological polar surface area (TPSA) is 95.1 Å². The lowest BCUT2D eigenvalue weighted by Crippen LogP contribution is -2.41. The molecule has 0 saturated carbocycles. The summed E-state index contributed by atoms with van der Waals surface area (Å²) in [6, 6.07) is 44.6. The number of carbonyl (C=O) groups excluding carboxylic acids is 2. The van der Waals surface area contributed by atoms with Gasteiger partial charge >= 0.3 is 0 Å². The van der Waals surface area contributed by atoms with Gasteiger partial charge in [-0.25, -0.2) is 0 Å². The second-order valence-corrected chi connectivity index (χ2v) is 17.0. The van der Waals surface area contributed by atoms with E-state index in [0.29, 0.717) is 12.8 Å². The van der Waals surface area contributed by atoms with Crippen LogP contribution in [0.1, 0.15) is 58.3 Å². The van der Waals surface area contributed by atoms with E-state index in [1.54, 1.807) is 0 Å². The molecule has 64 heavy (non-hydrogen) atoms. The van der Waals surface area contributed by atoms with E-state index in [4.69, 9.17) is 18.9 Å². The third-order valence-electron chi connectivity index (χ3n) is 13.1. The highest BCUT2D eigenvalue weighted by atomic mass is 16.5. The number of carbonyl (C=O) groups is 2. The summed E-state index contributed by atoms with van der Waals surface area (Å²) >= 11 is 0. The molecular weight excluding hydrogens is 797 g/mol. The number of rotatable bonds is 4. The number of hydrogen-bond acceptors (Lipinski definition) is 6. The number of ether oxygens (including phenoxy) is 4.